The van der Waals surface area contributed by atoms with Crippen molar-refractivity contribution in [3.63, 3.8) is 0 Å². The van der Waals surface area contributed by atoms with E-state index in [9.17, 15) is 0 Å². The van der Waals surface area contributed by atoms with Gasteiger partial charge in [-0.05, 0) is 51.6 Å². The Kier molecular flexibility index (Phi) is 3.16. The third-order valence-electron chi connectivity index (χ3n) is 4.98. The molecule has 0 saturated carbocycles. The van der Waals surface area contributed by atoms with Crippen molar-refractivity contribution in [1.82, 2.24) is 10.2 Å². The van der Waals surface area contributed by atoms with E-state index in [1.807, 2.05) is 0 Å². The molecule has 2 nitrogen and oxygen atoms in total. The van der Waals surface area contributed by atoms with E-state index in [1.165, 1.54) is 43.2 Å². The lowest BCUT2D eigenvalue weighted by Gasteiger charge is -2.43. The van der Waals surface area contributed by atoms with Gasteiger partial charge in [-0.1, -0.05) is 29.8 Å². The van der Waals surface area contributed by atoms with Crippen LogP contribution in [0, 0.1) is 6.92 Å². The topological polar surface area (TPSA) is 15.3 Å². The summed E-state index contributed by atoms with van der Waals surface area (Å²) in [7, 11) is 2.30. The molecule has 18 heavy (non-hydrogen) atoms. The van der Waals surface area contributed by atoms with Crippen molar-refractivity contribution in [2.24, 2.45) is 0 Å². The summed E-state index contributed by atoms with van der Waals surface area (Å²) < 4.78 is 0. The molecule has 1 aromatic rings. The van der Waals surface area contributed by atoms with Crippen molar-refractivity contribution in [3.05, 3.63) is 35.4 Å². The summed E-state index contributed by atoms with van der Waals surface area (Å²) in [6.07, 6.45) is 6.78. The first-order valence-electron chi connectivity index (χ1n) is 7.23. The Morgan fingerprint density at radius 1 is 1.22 bits per heavy atom. The fourth-order valence-electron chi connectivity index (χ4n) is 3.67. The van der Waals surface area contributed by atoms with Crippen molar-refractivity contribution in [2.45, 2.75) is 57.3 Å². The molecule has 0 aromatic heterocycles. The highest BCUT2D eigenvalue weighted by Gasteiger charge is 2.45. The predicted octanol–water partition coefficient (Wildman–Crippen LogP) is 3.06. The lowest BCUT2D eigenvalue weighted by molar-refractivity contribution is 0.0502. The average Bonchev–Trinajstić information content (AvgIpc) is 2.58. The van der Waals surface area contributed by atoms with Gasteiger partial charge < -0.3 is 0 Å². The first-order chi connectivity index (χ1) is 8.70. The normalized spacial score (nSPS) is 31.8. The summed E-state index contributed by atoms with van der Waals surface area (Å²) in [6.45, 7) is 3.14. The molecule has 0 aliphatic carbocycles. The minimum Gasteiger partial charge on any atom is -0.295 e. The van der Waals surface area contributed by atoms with Crippen LogP contribution in [-0.2, 0) is 6.54 Å². The second kappa shape index (κ2) is 4.67. The minimum atomic E-state index is 0.286. The van der Waals surface area contributed by atoms with Crippen LogP contribution in [0.15, 0.2) is 24.3 Å². The molecule has 2 heteroatoms. The van der Waals surface area contributed by atoms with Crippen LogP contribution in [0.2, 0.25) is 0 Å². The largest absolute Gasteiger partial charge is 0.295 e. The molecule has 0 amide bonds. The standard InChI is InChI=1S/C16H24N2/c1-13-5-7-14(8-6-13)12-17-16-10-3-4-15(9-11-16)18(16)2/h5-8,15,17H,3-4,9-12H2,1-2H3/t15-,16+/m1/s1. The van der Waals surface area contributed by atoms with Gasteiger partial charge in [0.25, 0.3) is 0 Å². The maximum atomic E-state index is 3.84. The van der Waals surface area contributed by atoms with E-state index in [2.05, 4.69) is 48.5 Å². The molecule has 0 spiro atoms. The zero-order valence-electron chi connectivity index (χ0n) is 11.6. The van der Waals surface area contributed by atoms with E-state index in [0.29, 0.717) is 0 Å². The Hall–Kier alpha value is -0.860. The predicted molar refractivity (Wildman–Crippen MR) is 75.4 cm³/mol. The summed E-state index contributed by atoms with van der Waals surface area (Å²) >= 11 is 0. The van der Waals surface area contributed by atoms with Crippen LogP contribution in [-0.4, -0.2) is 23.7 Å². The van der Waals surface area contributed by atoms with E-state index in [1.54, 1.807) is 0 Å². The smallest absolute Gasteiger partial charge is 0.0715 e. The number of aryl methyl sites for hydroxylation is 1. The number of benzene rings is 1. The maximum absolute atomic E-state index is 3.84. The van der Waals surface area contributed by atoms with Gasteiger partial charge >= 0.3 is 0 Å². The van der Waals surface area contributed by atoms with E-state index in [-0.39, 0.29) is 5.66 Å². The maximum Gasteiger partial charge on any atom is 0.0715 e. The van der Waals surface area contributed by atoms with E-state index in [4.69, 9.17) is 0 Å². The van der Waals surface area contributed by atoms with Gasteiger partial charge in [0, 0.05) is 12.6 Å². The molecule has 2 fully saturated rings. The lowest BCUT2D eigenvalue weighted by Crippen LogP contribution is -2.57. The molecule has 1 N–H and O–H groups in total. The van der Waals surface area contributed by atoms with E-state index in [0.717, 1.165) is 12.6 Å². The molecule has 2 aliphatic rings. The highest BCUT2D eigenvalue weighted by Crippen LogP contribution is 2.41. The highest BCUT2D eigenvalue weighted by atomic mass is 15.3. The van der Waals surface area contributed by atoms with Gasteiger partial charge in [0.05, 0.1) is 5.66 Å². The average molecular weight is 244 g/mol. The van der Waals surface area contributed by atoms with Gasteiger partial charge in [0.2, 0.25) is 0 Å². The number of fused-ring (bicyclic) bond motifs is 2. The second-order valence-corrected chi connectivity index (χ2v) is 6.07. The van der Waals surface area contributed by atoms with Gasteiger partial charge in [0.15, 0.2) is 0 Å². The number of hydrogen-bond acceptors (Lipinski definition) is 2. The number of nitrogens with zero attached hydrogens (tertiary/aromatic N) is 1. The van der Waals surface area contributed by atoms with Gasteiger partial charge in [-0.2, -0.15) is 0 Å². The monoisotopic (exact) mass is 244 g/mol. The molecule has 0 unspecified atom stereocenters. The third kappa shape index (κ3) is 2.08. The molecule has 2 aliphatic heterocycles. The summed E-state index contributed by atoms with van der Waals surface area (Å²) in [4.78, 5) is 2.60. The zero-order valence-corrected chi connectivity index (χ0v) is 11.6. The molecule has 2 bridgehead atoms. The quantitative estimate of drug-likeness (QED) is 0.879. The first-order valence-corrected chi connectivity index (χ1v) is 7.23. The summed E-state index contributed by atoms with van der Waals surface area (Å²) in [5.41, 5.74) is 3.03. The minimum absolute atomic E-state index is 0.286. The van der Waals surface area contributed by atoms with Crippen LogP contribution in [0.1, 0.15) is 43.2 Å². The Labute approximate surface area is 110 Å². The number of hydrogen-bond donors (Lipinski definition) is 1. The molecule has 2 atom stereocenters. The van der Waals surface area contributed by atoms with E-state index >= 15 is 0 Å². The Bertz CT molecular complexity index is 408. The van der Waals surface area contributed by atoms with Crippen molar-refractivity contribution >= 4 is 0 Å². The Balaban J connectivity index is 1.67. The summed E-state index contributed by atoms with van der Waals surface area (Å²) in [6, 6.07) is 9.72. The number of piperidine rings is 1. The fourth-order valence-corrected chi connectivity index (χ4v) is 3.67. The third-order valence-corrected chi connectivity index (χ3v) is 4.98. The van der Waals surface area contributed by atoms with Crippen LogP contribution < -0.4 is 5.32 Å². The van der Waals surface area contributed by atoms with Crippen LogP contribution in [0.25, 0.3) is 0 Å². The van der Waals surface area contributed by atoms with Crippen molar-refractivity contribution in [3.8, 4) is 0 Å². The van der Waals surface area contributed by atoms with Crippen LogP contribution >= 0.6 is 0 Å². The van der Waals surface area contributed by atoms with Gasteiger partial charge in [-0.15, -0.1) is 0 Å². The molecule has 2 saturated heterocycles. The molecule has 2 heterocycles. The van der Waals surface area contributed by atoms with Crippen LogP contribution in [0.4, 0.5) is 0 Å². The highest BCUT2D eigenvalue weighted by molar-refractivity contribution is 5.21. The Morgan fingerprint density at radius 2 is 2.00 bits per heavy atom. The second-order valence-electron chi connectivity index (χ2n) is 6.07. The van der Waals surface area contributed by atoms with Gasteiger partial charge in [0.1, 0.15) is 0 Å². The molecule has 1 aromatic carbocycles. The lowest BCUT2D eigenvalue weighted by atomic mass is 9.97. The van der Waals surface area contributed by atoms with Crippen LogP contribution in [0.3, 0.4) is 0 Å². The van der Waals surface area contributed by atoms with Crippen molar-refractivity contribution in [2.75, 3.05) is 7.05 Å². The Morgan fingerprint density at radius 3 is 2.78 bits per heavy atom. The van der Waals surface area contributed by atoms with Gasteiger partial charge in [-0.3, -0.25) is 10.2 Å². The van der Waals surface area contributed by atoms with Crippen LogP contribution in [0.5, 0.6) is 0 Å². The molecule has 3 rings (SSSR count). The SMILES string of the molecule is Cc1ccc(CN[C@]23CCC[C@H](CC2)N3C)cc1. The molecule has 0 radical (unpaired) electrons. The van der Waals surface area contributed by atoms with Gasteiger partial charge in [-0.25, -0.2) is 0 Å². The van der Waals surface area contributed by atoms with E-state index < -0.39 is 0 Å². The van der Waals surface area contributed by atoms with Crippen molar-refractivity contribution in [1.29, 1.82) is 0 Å². The summed E-state index contributed by atoms with van der Waals surface area (Å²) in [5.74, 6) is 0. The molecular formula is C16H24N2. The van der Waals surface area contributed by atoms with Crippen molar-refractivity contribution < 1.29 is 0 Å². The fraction of sp³-hybridized carbons (Fsp3) is 0.625. The first kappa shape index (κ1) is 12.2. The summed E-state index contributed by atoms with van der Waals surface area (Å²) in [5, 5.41) is 3.84. The zero-order chi connectivity index (χ0) is 12.6. The number of rotatable bonds is 3. The molecule has 98 valence electrons. The number of nitrogens with one attached hydrogen (secondary N) is 1. The molecular weight excluding hydrogens is 220 g/mol.